The van der Waals surface area contributed by atoms with E-state index in [1.807, 2.05) is 206 Å². The summed E-state index contributed by atoms with van der Waals surface area (Å²) in [6, 6.07) is 148. The van der Waals surface area contributed by atoms with E-state index in [9.17, 15) is 21.0 Å². The molecule has 21 aromatic rings. The number of para-hydroxylation sites is 1. The van der Waals surface area contributed by atoms with Crippen molar-refractivity contribution in [3.63, 3.8) is 0 Å². The highest BCUT2D eigenvalue weighted by atomic mass is 15.0. The van der Waals surface area contributed by atoms with Crippen LogP contribution in [-0.2, 0) is 12.8 Å². The van der Waals surface area contributed by atoms with Crippen LogP contribution in [0.1, 0.15) is 44.5 Å². The van der Waals surface area contributed by atoms with Crippen LogP contribution in [0.25, 0.3) is 201 Å². The normalized spacial score (nSPS) is 11.2. The van der Waals surface area contributed by atoms with Gasteiger partial charge in [0.15, 0.2) is 11.6 Å². The summed E-state index contributed by atoms with van der Waals surface area (Å²) in [5.41, 5.74) is 33.1. The molecule has 10 nitrogen and oxygen atoms in total. The lowest BCUT2D eigenvalue weighted by Crippen LogP contribution is -2.04. The molecule has 0 radical (unpaired) electrons. The van der Waals surface area contributed by atoms with Gasteiger partial charge in [-0.15, -0.1) is 0 Å². The van der Waals surface area contributed by atoms with Crippen LogP contribution < -0.4 is 0 Å². The van der Waals surface area contributed by atoms with Gasteiger partial charge in [0.05, 0.1) is 103 Å². The maximum atomic E-state index is 11.1. The van der Waals surface area contributed by atoms with Gasteiger partial charge in [-0.3, -0.25) is 0 Å². The van der Waals surface area contributed by atoms with Gasteiger partial charge in [-0.1, -0.05) is 303 Å². The van der Waals surface area contributed by atoms with Crippen molar-refractivity contribution in [2.75, 3.05) is 0 Å². The Hall–Kier alpha value is -17.5. The first-order chi connectivity index (χ1) is 63.1. The first-order valence-corrected chi connectivity index (χ1v) is 42.8. The SMILES string of the molecule is Cc1ccc(-c2ccc3c(c2)c2cc(-c4ccc(CCc5ccc(-c6ccc7c(c6)c6ccccc6n7-c6c(-c7ccccc7C#N)cc(-c7cc(-c8ccccc8)nc(-c8ccccc8)n7)cc6-c6ccccc6C#N)c(C)c5)cc4)ccc2n3-c2c(-c3ccccc3C#N)cc(-c3cc(-c4ccccc4)nc(-c4ccccc4)n3)cc2-c2ccccc2C#N)cc1. The summed E-state index contributed by atoms with van der Waals surface area (Å²) < 4.78 is 4.68. The van der Waals surface area contributed by atoms with Crippen molar-refractivity contribution in [2.24, 2.45) is 0 Å². The first kappa shape index (κ1) is 77.8. The molecule has 0 amide bonds. The van der Waals surface area contributed by atoms with E-state index in [0.717, 1.165) is 190 Å². The lowest BCUT2D eigenvalue weighted by Gasteiger charge is -2.22. The molecule has 0 spiro atoms. The van der Waals surface area contributed by atoms with Crippen LogP contribution in [0.5, 0.6) is 0 Å². The van der Waals surface area contributed by atoms with Crippen molar-refractivity contribution >= 4 is 43.6 Å². The van der Waals surface area contributed by atoms with Crippen molar-refractivity contribution in [2.45, 2.75) is 26.7 Å². The maximum absolute atomic E-state index is 11.1. The molecule has 10 heteroatoms. The van der Waals surface area contributed by atoms with E-state index in [-0.39, 0.29) is 0 Å². The summed E-state index contributed by atoms with van der Waals surface area (Å²) in [7, 11) is 0. The van der Waals surface area contributed by atoms with Crippen molar-refractivity contribution in [3.05, 3.63) is 445 Å². The Morgan fingerprint density at radius 2 is 0.531 bits per heavy atom. The Labute approximate surface area is 741 Å². The highest BCUT2D eigenvalue weighted by Crippen LogP contribution is 2.50. The molecule has 0 bridgehead atoms. The van der Waals surface area contributed by atoms with Crippen molar-refractivity contribution in [1.82, 2.24) is 29.1 Å². The van der Waals surface area contributed by atoms with Gasteiger partial charge in [0.2, 0.25) is 0 Å². The molecule has 598 valence electrons. The second-order valence-corrected chi connectivity index (χ2v) is 32.5. The van der Waals surface area contributed by atoms with E-state index in [0.29, 0.717) is 45.3 Å². The van der Waals surface area contributed by atoms with Gasteiger partial charge in [0.25, 0.3) is 0 Å². The van der Waals surface area contributed by atoms with E-state index >= 15 is 0 Å². The van der Waals surface area contributed by atoms with Crippen LogP contribution in [0.2, 0.25) is 0 Å². The zero-order valence-corrected chi connectivity index (χ0v) is 70.0. The van der Waals surface area contributed by atoms with E-state index in [1.54, 1.807) is 0 Å². The number of aromatic nitrogens is 6. The molecule has 0 atom stereocenters. The standard InChI is InChI=1S/C118H76N10/c1-75-43-50-79(51-44-75)85-54-58-113-101(62-85)102-63-86(55-59-114(102)128(113)116-105(97-39-21-17-35-90(97)73-121)67-93(68-106(116)98-40-22-18-36-91(98)74-122)110-70-108(82-27-9-4-10-28-82)124-118(126-110)84-31-13-6-14-32-84)80-52-47-77(48-53-80)45-46-78-49-57-94(76(2)61-78)87-56-60-112-100(64-87)99-41-23-24-42-111(99)127(112)115-103(95-37-19-15-33-88(95)71-119)65-92(66-104(115)96-38-20-16-34-89(96)72-120)109-69-107(81-25-7-3-8-26-81)123-117(125-109)83-29-11-5-12-30-83/h3-44,47-70H,45-46H2,1-2H3. The van der Waals surface area contributed by atoms with Crippen molar-refractivity contribution < 1.29 is 0 Å². The molecular formula is C118H76N10. The molecular weight excluding hydrogens is 1560 g/mol. The molecule has 17 aromatic carbocycles. The number of rotatable bonds is 18. The Morgan fingerprint density at radius 3 is 0.938 bits per heavy atom. The summed E-state index contributed by atoms with van der Waals surface area (Å²) in [5.74, 6) is 1.14. The maximum Gasteiger partial charge on any atom is 0.160 e. The predicted molar refractivity (Wildman–Crippen MR) is 519 cm³/mol. The quantitative estimate of drug-likeness (QED) is 0.0822. The van der Waals surface area contributed by atoms with Crippen molar-refractivity contribution in [3.8, 4) is 181 Å². The lowest BCUT2D eigenvalue weighted by molar-refractivity contribution is 0.958. The Bertz CT molecular complexity index is 7890. The van der Waals surface area contributed by atoms with Crippen LogP contribution in [0, 0.1) is 59.2 Å². The third-order valence-corrected chi connectivity index (χ3v) is 24.7. The Kier molecular flexibility index (Phi) is 20.3. The van der Waals surface area contributed by atoms with E-state index in [1.165, 1.54) is 22.3 Å². The Balaban J connectivity index is 0.640. The number of nitriles is 4. The monoisotopic (exact) mass is 1630 g/mol. The second kappa shape index (κ2) is 33.4. The smallest absolute Gasteiger partial charge is 0.160 e. The summed E-state index contributed by atoms with van der Waals surface area (Å²) in [5, 5.41) is 48.6. The van der Waals surface area contributed by atoms with Gasteiger partial charge in [0.1, 0.15) is 0 Å². The number of benzene rings is 17. The average Bonchev–Trinajstić information content (AvgIpc) is 1.42. The van der Waals surface area contributed by atoms with Gasteiger partial charge in [-0.25, -0.2) is 19.9 Å². The van der Waals surface area contributed by atoms with Crippen LogP contribution >= 0.6 is 0 Å². The van der Waals surface area contributed by atoms with Crippen molar-refractivity contribution in [1.29, 1.82) is 21.0 Å². The Morgan fingerprint density at radius 1 is 0.219 bits per heavy atom. The minimum absolute atomic E-state index is 0.502. The van der Waals surface area contributed by atoms with Gasteiger partial charge in [0, 0.05) is 99.4 Å². The summed E-state index contributed by atoms with van der Waals surface area (Å²) in [4.78, 5) is 21.0. The fourth-order valence-electron chi connectivity index (χ4n) is 18.4. The van der Waals surface area contributed by atoms with Gasteiger partial charge >= 0.3 is 0 Å². The van der Waals surface area contributed by atoms with Crippen LogP contribution in [0.15, 0.2) is 400 Å². The molecule has 128 heavy (non-hydrogen) atoms. The molecule has 0 unspecified atom stereocenters. The highest BCUT2D eigenvalue weighted by Gasteiger charge is 2.29. The molecule has 0 saturated carbocycles. The fourth-order valence-corrected chi connectivity index (χ4v) is 18.4. The zero-order valence-electron chi connectivity index (χ0n) is 70.0. The lowest BCUT2D eigenvalue weighted by atomic mass is 9.88. The van der Waals surface area contributed by atoms with Crippen LogP contribution in [0.4, 0.5) is 0 Å². The molecule has 0 aliphatic rings. The average molecular weight is 1630 g/mol. The largest absolute Gasteiger partial charge is 0.308 e. The second-order valence-electron chi connectivity index (χ2n) is 32.5. The van der Waals surface area contributed by atoms with Crippen LogP contribution in [0.3, 0.4) is 0 Å². The molecule has 4 aromatic heterocycles. The van der Waals surface area contributed by atoms with Gasteiger partial charge in [-0.2, -0.15) is 21.0 Å². The number of fused-ring (bicyclic) bond motifs is 6. The molecule has 4 heterocycles. The molecule has 0 aliphatic carbocycles. The molecule has 0 aliphatic heterocycles. The van der Waals surface area contributed by atoms with Gasteiger partial charge < -0.3 is 9.13 Å². The fraction of sp³-hybridized carbons (Fsp3) is 0.0339. The van der Waals surface area contributed by atoms with Gasteiger partial charge in [-0.05, 0) is 180 Å². The van der Waals surface area contributed by atoms with E-state index < -0.39 is 0 Å². The highest BCUT2D eigenvalue weighted by molar-refractivity contribution is 6.15. The predicted octanol–water partition coefficient (Wildman–Crippen LogP) is 29.0. The third kappa shape index (κ3) is 14.4. The summed E-state index contributed by atoms with van der Waals surface area (Å²) >= 11 is 0. The molecule has 0 fully saturated rings. The number of hydrogen-bond donors (Lipinski definition) is 0. The molecule has 21 rings (SSSR count). The number of aryl methyl sites for hydroxylation is 4. The first-order valence-electron chi connectivity index (χ1n) is 42.8. The summed E-state index contributed by atoms with van der Waals surface area (Å²) in [6.07, 6.45) is 1.66. The van der Waals surface area contributed by atoms with Crippen LogP contribution in [-0.4, -0.2) is 29.1 Å². The number of nitrogens with zero attached hydrogens (tertiary/aromatic N) is 10. The third-order valence-electron chi connectivity index (χ3n) is 24.7. The number of hydrogen-bond acceptors (Lipinski definition) is 8. The molecule has 0 N–H and O–H groups in total. The minimum atomic E-state index is 0.502. The van der Waals surface area contributed by atoms with E-state index in [2.05, 4.69) is 241 Å². The van der Waals surface area contributed by atoms with E-state index in [4.69, 9.17) is 19.9 Å². The minimum Gasteiger partial charge on any atom is -0.308 e. The zero-order chi connectivity index (χ0) is 86.3. The summed E-state index contributed by atoms with van der Waals surface area (Å²) in [6.45, 7) is 4.32. The topological polar surface area (TPSA) is 157 Å². The molecule has 0 saturated heterocycles.